The summed E-state index contributed by atoms with van der Waals surface area (Å²) in [6, 6.07) is 8.12. The van der Waals surface area contributed by atoms with Crippen molar-refractivity contribution in [3.8, 4) is 5.75 Å². The van der Waals surface area contributed by atoms with Gasteiger partial charge in [-0.15, -0.1) is 0 Å². The van der Waals surface area contributed by atoms with Crippen molar-refractivity contribution in [3.63, 3.8) is 0 Å². The SMILES string of the molecule is CCSCC(C)N1C(=O)CNC1c1cccc(OC)c1. The second kappa shape index (κ2) is 6.99. The quantitative estimate of drug-likeness (QED) is 0.874. The molecule has 0 bridgehead atoms. The Balaban J connectivity index is 2.18. The maximum Gasteiger partial charge on any atom is 0.238 e. The van der Waals surface area contributed by atoms with Gasteiger partial charge in [-0.3, -0.25) is 10.1 Å². The lowest BCUT2D eigenvalue weighted by Gasteiger charge is -2.30. The van der Waals surface area contributed by atoms with Crippen LogP contribution < -0.4 is 10.1 Å². The second-order valence-corrected chi connectivity index (χ2v) is 6.19. The van der Waals surface area contributed by atoms with Crippen molar-refractivity contribution < 1.29 is 9.53 Å². The lowest BCUT2D eigenvalue weighted by atomic mass is 10.1. The summed E-state index contributed by atoms with van der Waals surface area (Å²) in [5.41, 5.74) is 1.07. The Labute approximate surface area is 124 Å². The number of benzene rings is 1. The molecule has 5 heteroatoms. The van der Waals surface area contributed by atoms with Crippen molar-refractivity contribution in [2.45, 2.75) is 26.1 Å². The van der Waals surface area contributed by atoms with Crippen LogP contribution in [0.4, 0.5) is 0 Å². The number of rotatable bonds is 6. The molecule has 1 aromatic rings. The fourth-order valence-corrected chi connectivity index (χ4v) is 3.21. The molecule has 0 spiro atoms. The Morgan fingerprint density at radius 1 is 1.55 bits per heavy atom. The summed E-state index contributed by atoms with van der Waals surface area (Å²) in [5, 5.41) is 3.29. The fraction of sp³-hybridized carbons (Fsp3) is 0.533. The first kappa shape index (κ1) is 15.2. The minimum Gasteiger partial charge on any atom is -0.497 e. The average Bonchev–Trinajstić information content (AvgIpc) is 2.86. The van der Waals surface area contributed by atoms with E-state index in [0.717, 1.165) is 22.8 Å². The molecular weight excluding hydrogens is 272 g/mol. The molecule has 0 radical (unpaired) electrons. The van der Waals surface area contributed by atoms with Gasteiger partial charge in [-0.1, -0.05) is 19.1 Å². The summed E-state index contributed by atoms with van der Waals surface area (Å²) >= 11 is 1.86. The molecular formula is C15H22N2O2S. The van der Waals surface area contributed by atoms with Gasteiger partial charge >= 0.3 is 0 Å². The first-order valence-corrected chi connectivity index (χ1v) is 8.09. The molecule has 1 saturated heterocycles. The summed E-state index contributed by atoms with van der Waals surface area (Å²) in [6.07, 6.45) is -0.0509. The lowest BCUT2D eigenvalue weighted by Crippen LogP contribution is -2.39. The minimum absolute atomic E-state index is 0.0509. The maximum atomic E-state index is 12.1. The van der Waals surface area contributed by atoms with Crippen molar-refractivity contribution >= 4 is 17.7 Å². The van der Waals surface area contributed by atoms with E-state index in [1.165, 1.54) is 0 Å². The Kier molecular flexibility index (Phi) is 5.31. The highest BCUT2D eigenvalue weighted by Crippen LogP contribution is 2.28. The van der Waals surface area contributed by atoms with Crippen LogP contribution in [0.5, 0.6) is 5.75 Å². The van der Waals surface area contributed by atoms with Gasteiger partial charge in [-0.2, -0.15) is 11.8 Å². The number of hydrogen-bond donors (Lipinski definition) is 1. The van der Waals surface area contributed by atoms with Crippen LogP contribution in [0.1, 0.15) is 25.6 Å². The van der Waals surface area contributed by atoms with Crippen molar-refractivity contribution in [2.24, 2.45) is 0 Å². The molecule has 1 aromatic carbocycles. The number of methoxy groups -OCH3 is 1. The largest absolute Gasteiger partial charge is 0.497 e. The fourth-order valence-electron chi connectivity index (χ4n) is 2.48. The standard InChI is InChI=1S/C15H22N2O2S/c1-4-20-10-11(2)17-14(18)9-16-15(17)12-6-5-7-13(8-12)19-3/h5-8,11,15-16H,4,9-10H2,1-3H3. The molecule has 4 nitrogen and oxygen atoms in total. The smallest absolute Gasteiger partial charge is 0.238 e. The molecule has 1 aliphatic rings. The highest BCUT2D eigenvalue weighted by Gasteiger charge is 2.34. The van der Waals surface area contributed by atoms with Crippen LogP contribution >= 0.6 is 11.8 Å². The average molecular weight is 294 g/mol. The lowest BCUT2D eigenvalue weighted by molar-refractivity contribution is -0.129. The van der Waals surface area contributed by atoms with Crippen molar-refractivity contribution in [1.82, 2.24) is 10.2 Å². The second-order valence-electron chi connectivity index (χ2n) is 4.87. The van der Waals surface area contributed by atoms with Gasteiger partial charge in [0.1, 0.15) is 11.9 Å². The van der Waals surface area contributed by atoms with Crippen molar-refractivity contribution in [2.75, 3.05) is 25.2 Å². The predicted molar refractivity (Wildman–Crippen MR) is 83.0 cm³/mol. The Morgan fingerprint density at radius 2 is 2.35 bits per heavy atom. The summed E-state index contributed by atoms with van der Waals surface area (Å²) in [5.74, 6) is 3.02. The monoisotopic (exact) mass is 294 g/mol. The van der Waals surface area contributed by atoms with E-state index >= 15 is 0 Å². The zero-order valence-corrected chi connectivity index (χ0v) is 13.1. The number of amides is 1. The third kappa shape index (κ3) is 3.27. The molecule has 0 saturated carbocycles. The van der Waals surface area contributed by atoms with Crippen LogP contribution in [-0.2, 0) is 4.79 Å². The molecule has 0 aliphatic carbocycles. The number of carbonyl (C=O) groups is 1. The zero-order chi connectivity index (χ0) is 14.5. The summed E-state index contributed by atoms with van der Waals surface area (Å²) in [7, 11) is 1.66. The van der Waals surface area contributed by atoms with Crippen LogP contribution in [0.25, 0.3) is 0 Å². The van der Waals surface area contributed by atoms with E-state index in [4.69, 9.17) is 4.74 Å². The molecule has 1 heterocycles. The molecule has 110 valence electrons. The van der Waals surface area contributed by atoms with Gasteiger partial charge in [-0.25, -0.2) is 0 Å². The van der Waals surface area contributed by atoms with Crippen LogP contribution in [0.15, 0.2) is 24.3 Å². The number of hydrogen-bond acceptors (Lipinski definition) is 4. The van der Waals surface area contributed by atoms with Crippen LogP contribution in [0.3, 0.4) is 0 Å². The third-order valence-corrected chi connectivity index (χ3v) is 4.59. The zero-order valence-electron chi connectivity index (χ0n) is 12.3. The highest BCUT2D eigenvalue weighted by atomic mass is 32.2. The van der Waals surface area contributed by atoms with E-state index in [1.807, 2.05) is 40.9 Å². The summed E-state index contributed by atoms with van der Waals surface area (Å²) < 4.78 is 5.27. The summed E-state index contributed by atoms with van der Waals surface area (Å²) in [4.78, 5) is 14.1. The van der Waals surface area contributed by atoms with E-state index in [9.17, 15) is 4.79 Å². The number of nitrogens with one attached hydrogen (secondary N) is 1. The number of carbonyl (C=O) groups excluding carboxylic acids is 1. The minimum atomic E-state index is -0.0509. The number of nitrogens with zero attached hydrogens (tertiary/aromatic N) is 1. The molecule has 2 unspecified atom stereocenters. The van der Waals surface area contributed by atoms with Crippen molar-refractivity contribution in [3.05, 3.63) is 29.8 Å². The van der Waals surface area contributed by atoms with E-state index in [-0.39, 0.29) is 18.1 Å². The van der Waals surface area contributed by atoms with Gasteiger partial charge in [-0.05, 0) is 30.4 Å². The van der Waals surface area contributed by atoms with Crippen LogP contribution in [0.2, 0.25) is 0 Å². The van der Waals surface area contributed by atoms with Gasteiger partial charge in [0, 0.05) is 11.8 Å². The van der Waals surface area contributed by atoms with E-state index in [0.29, 0.717) is 6.54 Å². The molecule has 1 fully saturated rings. The predicted octanol–water partition coefficient (Wildman–Crippen LogP) is 2.27. The Morgan fingerprint density at radius 3 is 3.05 bits per heavy atom. The van der Waals surface area contributed by atoms with Gasteiger partial charge in [0.2, 0.25) is 5.91 Å². The van der Waals surface area contributed by atoms with Gasteiger partial charge in [0.25, 0.3) is 0 Å². The van der Waals surface area contributed by atoms with Gasteiger partial charge in [0.05, 0.1) is 13.7 Å². The number of thioether (sulfide) groups is 1. The first-order chi connectivity index (χ1) is 9.67. The Hall–Kier alpha value is -1.20. The van der Waals surface area contributed by atoms with Crippen LogP contribution in [0, 0.1) is 0 Å². The topological polar surface area (TPSA) is 41.6 Å². The molecule has 1 N–H and O–H groups in total. The normalized spacial score (nSPS) is 20.2. The molecule has 20 heavy (non-hydrogen) atoms. The molecule has 1 amide bonds. The van der Waals surface area contributed by atoms with E-state index in [1.54, 1.807) is 7.11 Å². The van der Waals surface area contributed by atoms with Gasteiger partial charge in [0.15, 0.2) is 0 Å². The van der Waals surface area contributed by atoms with E-state index < -0.39 is 0 Å². The third-order valence-electron chi connectivity index (χ3n) is 3.46. The molecule has 0 aromatic heterocycles. The van der Waals surface area contributed by atoms with E-state index in [2.05, 4.69) is 19.2 Å². The summed E-state index contributed by atoms with van der Waals surface area (Å²) in [6.45, 7) is 4.66. The highest BCUT2D eigenvalue weighted by molar-refractivity contribution is 7.99. The molecule has 2 atom stereocenters. The van der Waals surface area contributed by atoms with Crippen molar-refractivity contribution in [1.29, 1.82) is 0 Å². The first-order valence-electron chi connectivity index (χ1n) is 6.93. The number of ether oxygens (including phenoxy) is 1. The molecule has 1 aliphatic heterocycles. The molecule has 2 rings (SSSR count). The Bertz CT molecular complexity index is 467. The maximum absolute atomic E-state index is 12.1. The van der Waals surface area contributed by atoms with Crippen LogP contribution in [-0.4, -0.2) is 42.0 Å². The van der Waals surface area contributed by atoms with Gasteiger partial charge < -0.3 is 9.64 Å².